The van der Waals surface area contributed by atoms with Crippen LogP contribution in [0.25, 0.3) is 10.4 Å². The van der Waals surface area contributed by atoms with Crippen molar-refractivity contribution in [3.05, 3.63) is 10.4 Å². The van der Waals surface area contributed by atoms with Gasteiger partial charge in [0.15, 0.2) is 11.9 Å². The maximum Gasteiger partial charge on any atom is 0.335 e. The van der Waals surface area contributed by atoms with Gasteiger partial charge in [-0.05, 0) is 19.4 Å². The lowest BCUT2D eigenvalue weighted by Gasteiger charge is -2.22. The molecule has 1 N–H and O–H groups in total. The van der Waals surface area contributed by atoms with Gasteiger partial charge in [-0.1, -0.05) is 5.11 Å². The standard InChI is InChI=1S/C9H13N3O5/c1-9(2)15-3-4(17-9)7-5(11-12-10)6(13)8(14)16-7/h4-7,13H,3H2,1-2H3/t4-,5+,6-,7-/m1/s1. The van der Waals surface area contributed by atoms with Crippen molar-refractivity contribution in [2.24, 2.45) is 5.11 Å². The van der Waals surface area contributed by atoms with Crippen LogP contribution in [0.3, 0.4) is 0 Å². The van der Waals surface area contributed by atoms with Gasteiger partial charge in [0.05, 0.1) is 6.61 Å². The van der Waals surface area contributed by atoms with Crippen molar-refractivity contribution in [2.75, 3.05) is 6.61 Å². The van der Waals surface area contributed by atoms with Gasteiger partial charge in [0, 0.05) is 4.91 Å². The van der Waals surface area contributed by atoms with Gasteiger partial charge in [0.25, 0.3) is 0 Å². The minimum atomic E-state index is -1.44. The highest BCUT2D eigenvalue weighted by molar-refractivity contribution is 5.78. The maximum absolute atomic E-state index is 11.2. The zero-order valence-corrected chi connectivity index (χ0v) is 9.44. The lowest BCUT2D eigenvalue weighted by molar-refractivity contribution is -0.163. The van der Waals surface area contributed by atoms with Gasteiger partial charge in [0.1, 0.15) is 18.2 Å². The summed E-state index contributed by atoms with van der Waals surface area (Å²) in [7, 11) is 0. The van der Waals surface area contributed by atoms with Crippen molar-refractivity contribution in [1.82, 2.24) is 0 Å². The van der Waals surface area contributed by atoms with Crippen LogP contribution < -0.4 is 0 Å². The van der Waals surface area contributed by atoms with Crippen molar-refractivity contribution < 1.29 is 24.1 Å². The minimum absolute atomic E-state index is 0.217. The molecule has 0 aromatic rings. The van der Waals surface area contributed by atoms with Crippen LogP contribution in [0.2, 0.25) is 0 Å². The van der Waals surface area contributed by atoms with E-state index in [1.165, 1.54) is 0 Å². The number of hydrogen-bond donors (Lipinski definition) is 1. The molecule has 0 amide bonds. The van der Waals surface area contributed by atoms with Crippen LogP contribution in [0.4, 0.5) is 0 Å². The van der Waals surface area contributed by atoms with Gasteiger partial charge in [-0.15, -0.1) is 0 Å². The number of esters is 1. The minimum Gasteiger partial charge on any atom is -0.457 e. The van der Waals surface area contributed by atoms with Crippen molar-refractivity contribution in [3.8, 4) is 0 Å². The van der Waals surface area contributed by atoms with E-state index in [1.54, 1.807) is 13.8 Å². The first-order valence-electron chi connectivity index (χ1n) is 5.19. The van der Waals surface area contributed by atoms with Crippen molar-refractivity contribution in [2.45, 2.75) is 44.0 Å². The average molecular weight is 243 g/mol. The van der Waals surface area contributed by atoms with Gasteiger partial charge < -0.3 is 19.3 Å². The molecular weight excluding hydrogens is 230 g/mol. The number of carbonyl (C=O) groups excluding carboxylic acids is 1. The molecule has 0 bridgehead atoms. The molecule has 0 aromatic heterocycles. The number of hydrogen-bond acceptors (Lipinski definition) is 6. The zero-order valence-electron chi connectivity index (χ0n) is 9.44. The average Bonchev–Trinajstić information content (AvgIpc) is 2.73. The Balaban J connectivity index is 2.15. The van der Waals surface area contributed by atoms with Crippen molar-refractivity contribution in [1.29, 1.82) is 0 Å². The highest BCUT2D eigenvalue weighted by Crippen LogP contribution is 2.31. The Hall–Kier alpha value is -1.34. The topological polar surface area (TPSA) is 114 Å². The molecule has 2 rings (SSSR count). The number of aliphatic hydroxyl groups excluding tert-OH is 1. The summed E-state index contributed by atoms with van der Waals surface area (Å²) < 4.78 is 15.8. The predicted octanol–water partition coefficient (Wildman–Crippen LogP) is 0.103. The Morgan fingerprint density at radius 2 is 2.29 bits per heavy atom. The second-order valence-electron chi connectivity index (χ2n) is 4.41. The van der Waals surface area contributed by atoms with E-state index in [0.29, 0.717) is 0 Å². The third kappa shape index (κ3) is 2.20. The van der Waals surface area contributed by atoms with Gasteiger partial charge >= 0.3 is 5.97 Å². The number of cyclic esters (lactones) is 1. The molecule has 0 aromatic carbocycles. The quantitative estimate of drug-likeness (QED) is 0.320. The number of nitrogens with zero attached hydrogens (tertiary/aromatic N) is 3. The summed E-state index contributed by atoms with van der Waals surface area (Å²) in [5.74, 6) is -1.58. The second-order valence-corrected chi connectivity index (χ2v) is 4.41. The fourth-order valence-electron chi connectivity index (χ4n) is 1.95. The van der Waals surface area contributed by atoms with E-state index >= 15 is 0 Å². The first kappa shape index (κ1) is 12.1. The molecular formula is C9H13N3O5. The van der Waals surface area contributed by atoms with E-state index in [4.69, 9.17) is 19.7 Å². The lowest BCUT2D eigenvalue weighted by atomic mass is 10.0. The maximum atomic E-state index is 11.2. The number of aliphatic hydroxyl groups is 1. The largest absolute Gasteiger partial charge is 0.457 e. The molecule has 2 saturated heterocycles. The zero-order chi connectivity index (χ0) is 12.6. The van der Waals surface area contributed by atoms with Crippen LogP contribution in [0.15, 0.2) is 5.11 Å². The molecule has 2 aliphatic heterocycles. The molecule has 2 heterocycles. The van der Waals surface area contributed by atoms with E-state index in [9.17, 15) is 9.90 Å². The summed E-state index contributed by atoms with van der Waals surface area (Å²) in [5, 5.41) is 12.9. The molecule has 2 aliphatic rings. The third-order valence-corrected chi connectivity index (χ3v) is 2.74. The first-order valence-corrected chi connectivity index (χ1v) is 5.19. The summed E-state index contributed by atoms with van der Waals surface area (Å²) in [5.41, 5.74) is 8.40. The van der Waals surface area contributed by atoms with Crippen LogP contribution in [0.5, 0.6) is 0 Å². The fourth-order valence-corrected chi connectivity index (χ4v) is 1.95. The lowest BCUT2D eigenvalue weighted by Crippen LogP contribution is -2.39. The van der Waals surface area contributed by atoms with Crippen LogP contribution in [0.1, 0.15) is 13.8 Å². The van der Waals surface area contributed by atoms with Crippen LogP contribution in [-0.2, 0) is 19.0 Å². The van der Waals surface area contributed by atoms with Gasteiger partial charge in [-0.25, -0.2) is 4.79 Å². The molecule has 2 fully saturated rings. The number of azide groups is 1. The molecule has 0 spiro atoms. The third-order valence-electron chi connectivity index (χ3n) is 2.74. The normalized spacial score (nSPS) is 39.8. The molecule has 94 valence electrons. The predicted molar refractivity (Wildman–Crippen MR) is 53.7 cm³/mol. The Morgan fingerprint density at radius 1 is 1.59 bits per heavy atom. The summed E-state index contributed by atoms with van der Waals surface area (Å²) in [6.07, 6.45) is -2.79. The molecule has 0 unspecified atom stereocenters. The number of carbonyl (C=O) groups is 1. The van der Waals surface area contributed by atoms with Crippen LogP contribution in [0, 0.1) is 0 Å². The van der Waals surface area contributed by atoms with Crippen molar-refractivity contribution >= 4 is 5.97 Å². The van der Waals surface area contributed by atoms with Gasteiger partial charge in [-0.3, -0.25) is 0 Å². The highest BCUT2D eigenvalue weighted by Gasteiger charge is 2.51. The van der Waals surface area contributed by atoms with E-state index in [2.05, 4.69) is 10.0 Å². The Labute approximate surface area is 97.1 Å². The summed E-state index contributed by atoms with van der Waals surface area (Å²) in [6.45, 7) is 3.67. The van der Waals surface area contributed by atoms with Crippen LogP contribution in [-0.4, -0.2) is 47.8 Å². The molecule has 0 radical (unpaired) electrons. The summed E-state index contributed by atoms with van der Waals surface area (Å²) in [4.78, 5) is 13.8. The molecule has 8 heteroatoms. The molecule has 0 aliphatic carbocycles. The van der Waals surface area contributed by atoms with E-state index in [1.807, 2.05) is 0 Å². The first-order chi connectivity index (χ1) is 7.94. The second kappa shape index (κ2) is 4.15. The molecule has 4 atom stereocenters. The summed E-state index contributed by atoms with van der Waals surface area (Å²) in [6, 6.07) is -0.977. The van der Waals surface area contributed by atoms with Crippen molar-refractivity contribution in [3.63, 3.8) is 0 Å². The van der Waals surface area contributed by atoms with E-state index in [-0.39, 0.29) is 6.61 Å². The van der Waals surface area contributed by atoms with Gasteiger partial charge in [0.2, 0.25) is 0 Å². The molecule has 0 saturated carbocycles. The molecule has 8 nitrogen and oxygen atoms in total. The Bertz CT molecular complexity index is 379. The van der Waals surface area contributed by atoms with E-state index < -0.39 is 36.1 Å². The number of rotatable bonds is 2. The highest BCUT2D eigenvalue weighted by atomic mass is 16.8. The van der Waals surface area contributed by atoms with Crippen LogP contribution >= 0.6 is 0 Å². The number of ether oxygens (including phenoxy) is 3. The Kier molecular flexibility index (Phi) is 2.96. The monoisotopic (exact) mass is 243 g/mol. The SMILES string of the molecule is CC1(C)OC[C@H]([C@H]2OC(=O)[C@H](O)[C@@H]2N=[N+]=[N-])O1. The summed E-state index contributed by atoms with van der Waals surface area (Å²) >= 11 is 0. The van der Waals surface area contributed by atoms with E-state index in [0.717, 1.165) is 0 Å². The fraction of sp³-hybridized carbons (Fsp3) is 0.889. The Morgan fingerprint density at radius 3 is 2.82 bits per heavy atom. The van der Waals surface area contributed by atoms with Gasteiger partial charge in [-0.2, -0.15) is 0 Å². The smallest absolute Gasteiger partial charge is 0.335 e. The molecule has 17 heavy (non-hydrogen) atoms.